The average molecular weight is 398 g/mol. The van der Waals surface area contributed by atoms with Crippen LogP contribution in [-0.2, 0) is 9.59 Å². The molecule has 0 bridgehead atoms. The van der Waals surface area contributed by atoms with Crippen LogP contribution in [0.1, 0.15) is 17.9 Å². The summed E-state index contributed by atoms with van der Waals surface area (Å²) in [5.41, 5.74) is 2.17. The molecule has 1 fully saturated rings. The van der Waals surface area contributed by atoms with E-state index in [1.54, 1.807) is 43.4 Å². The Bertz CT molecular complexity index is 851. The molecular weight excluding hydrogens is 380 g/mol. The topological polar surface area (TPSA) is 70.5 Å². The Kier molecular flexibility index (Phi) is 6.37. The first-order valence-electron chi connectivity index (χ1n) is 8.24. The van der Waals surface area contributed by atoms with E-state index in [2.05, 4.69) is 4.98 Å². The number of pyridine rings is 1. The second-order valence-electron chi connectivity index (χ2n) is 6.44. The van der Waals surface area contributed by atoms with Crippen molar-refractivity contribution in [2.75, 3.05) is 14.1 Å². The molecule has 0 radical (unpaired) electrons. The molecule has 2 atom stereocenters. The van der Waals surface area contributed by atoms with Crippen LogP contribution in [-0.4, -0.2) is 47.1 Å². The van der Waals surface area contributed by atoms with E-state index in [0.29, 0.717) is 11.3 Å². The van der Waals surface area contributed by atoms with Crippen molar-refractivity contribution in [1.29, 1.82) is 0 Å². The van der Waals surface area contributed by atoms with E-state index in [9.17, 15) is 22.4 Å². The Labute approximate surface area is 158 Å². The maximum atomic E-state index is 13.7. The van der Waals surface area contributed by atoms with Crippen LogP contribution in [0.3, 0.4) is 0 Å². The molecular formula is C19H18F4N2O3. The molecule has 2 aromatic rings. The highest BCUT2D eigenvalue weighted by Gasteiger charge is 2.44. The third-order valence-corrected chi connectivity index (χ3v) is 4.16. The van der Waals surface area contributed by atoms with E-state index in [1.807, 2.05) is 12.1 Å². The first-order chi connectivity index (χ1) is 13.0. The number of aliphatic carboxylic acids is 1. The van der Waals surface area contributed by atoms with E-state index < -0.39 is 12.1 Å². The third kappa shape index (κ3) is 5.28. The van der Waals surface area contributed by atoms with E-state index >= 15 is 0 Å². The van der Waals surface area contributed by atoms with Gasteiger partial charge in [0, 0.05) is 31.8 Å². The summed E-state index contributed by atoms with van der Waals surface area (Å²) >= 11 is 0. The lowest BCUT2D eigenvalue weighted by atomic mass is 10.1. The Morgan fingerprint density at radius 1 is 1.14 bits per heavy atom. The first-order valence-corrected chi connectivity index (χ1v) is 8.24. The number of rotatable bonds is 3. The zero-order valence-corrected chi connectivity index (χ0v) is 15.1. The van der Waals surface area contributed by atoms with Gasteiger partial charge in [-0.25, -0.2) is 9.18 Å². The van der Waals surface area contributed by atoms with Crippen LogP contribution in [0, 0.1) is 11.7 Å². The third-order valence-electron chi connectivity index (χ3n) is 4.16. The Balaban J connectivity index is 0.000000345. The summed E-state index contributed by atoms with van der Waals surface area (Å²) in [6.45, 7) is 0. The molecule has 150 valence electrons. The number of carbonyl (C=O) groups is 2. The molecule has 1 N–H and O–H groups in total. The van der Waals surface area contributed by atoms with Gasteiger partial charge in [0.15, 0.2) is 0 Å². The van der Waals surface area contributed by atoms with Gasteiger partial charge < -0.3 is 10.0 Å². The van der Waals surface area contributed by atoms with Gasteiger partial charge >= 0.3 is 12.1 Å². The standard InChI is InChI=1S/C17H17FN2O.C2HF3O2/c1-20(2)17(21)14-9-13(14)11-7-8-16(19-10-11)12-5-3-4-6-15(12)18;3-2(4,5)1(6)7/h3-8,10,13-14H,9H2,1-2H3;(H,6,7)/t13-,14+;/m0./s1. The van der Waals surface area contributed by atoms with Crippen LogP contribution in [0.25, 0.3) is 11.3 Å². The van der Waals surface area contributed by atoms with Gasteiger partial charge in [0.2, 0.25) is 5.91 Å². The number of halogens is 4. The van der Waals surface area contributed by atoms with Gasteiger partial charge in [0.25, 0.3) is 0 Å². The van der Waals surface area contributed by atoms with Crippen molar-refractivity contribution in [3.05, 3.63) is 54.0 Å². The maximum absolute atomic E-state index is 13.7. The SMILES string of the molecule is CN(C)C(=O)[C@@H]1C[C@H]1c1ccc(-c2ccccc2F)nc1.O=C(O)C(F)(F)F. The zero-order chi connectivity index (χ0) is 21.1. The van der Waals surface area contributed by atoms with Crippen LogP contribution in [0.15, 0.2) is 42.6 Å². The van der Waals surface area contributed by atoms with Gasteiger partial charge in [-0.1, -0.05) is 18.2 Å². The van der Waals surface area contributed by atoms with Gasteiger partial charge in [-0.05, 0) is 36.1 Å². The number of carboxylic acids is 1. The van der Waals surface area contributed by atoms with Crippen LogP contribution >= 0.6 is 0 Å². The minimum Gasteiger partial charge on any atom is -0.475 e. The number of carboxylic acid groups (broad SMARTS) is 1. The van der Waals surface area contributed by atoms with Crippen molar-refractivity contribution in [3.63, 3.8) is 0 Å². The summed E-state index contributed by atoms with van der Waals surface area (Å²) in [7, 11) is 3.55. The molecule has 1 aliphatic rings. The van der Waals surface area contributed by atoms with E-state index in [-0.39, 0.29) is 23.6 Å². The predicted molar refractivity (Wildman–Crippen MR) is 92.9 cm³/mol. The molecule has 1 aromatic carbocycles. The fourth-order valence-corrected chi connectivity index (χ4v) is 2.62. The molecule has 1 saturated carbocycles. The largest absolute Gasteiger partial charge is 0.490 e. The molecule has 9 heteroatoms. The summed E-state index contributed by atoms with van der Waals surface area (Å²) in [6, 6.07) is 10.4. The van der Waals surface area contributed by atoms with E-state index in [4.69, 9.17) is 9.90 Å². The lowest BCUT2D eigenvalue weighted by molar-refractivity contribution is -0.192. The van der Waals surface area contributed by atoms with Crippen molar-refractivity contribution in [2.45, 2.75) is 18.5 Å². The monoisotopic (exact) mass is 398 g/mol. The van der Waals surface area contributed by atoms with Gasteiger partial charge in [-0.15, -0.1) is 0 Å². The quantitative estimate of drug-likeness (QED) is 0.801. The summed E-state index contributed by atoms with van der Waals surface area (Å²) in [5, 5.41) is 7.12. The highest BCUT2D eigenvalue weighted by atomic mass is 19.4. The number of carbonyl (C=O) groups excluding carboxylic acids is 1. The molecule has 1 amide bonds. The smallest absolute Gasteiger partial charge is 0.475 e. The second-order valence-corrected chi connectivity index (χ2v) is 6.44. The average Bonchev–Trinajstić information content (AvgIpc) is 3.42. The number of nitrogens with zero attached hydrogens (tertiary/aromatic N) is 2. The molecule has 0 saturated heterocycles. The van der Waals surface area contributed by atoms with E-state index in [1.165, 1.54) is 6.07 Å². The first kappa shape index (κ1) is 21.3. The molecule has 3 rings (SSSR count). The number of hydrogen-bond acceptors (Lipinski definition) is 3. The molecule has 1 heterocycles. The predicted octanol–water partition coefficient (Wildman–Crippen LogP) is 3.71. The molecule has 1 aromatic heterocycles. The number of hydrogen-bond donors (Lipinski definition) is 1. The van der Waals surface area contributed by atoms with Crippen molar-refractivity contribution >= 4 is 11.9 Å². The van der Waals surface area contributed by atoms with E-state index in [0.717, 1.165) is 12.0 Å². The lowest BCUT2D eigenvalue weighted by Crippen LogP contribution is -2.23. The van der Waals surface area contributed by atoms with Crippen molar-refractivity contribution in [1.82, 2.24) is 9.88 Å². The molecule has 0 unspecified atom stereocenters. The summed E-state index contributed by atoms with van der Waals surface area (Å²) in [4.78, 5) is 26.7. The Morgan fingerprint density at radius 3 is 2.21 bits per heavy atom. The van der Waals surface area contributed by atoms with Crippen LogP contribution in [0.2, 0.25) is 0 Å². The van der Waals surface area contributed by atoms with Crippen molar-refractivity contribution in [2.24, 2.45) is 5.92 Å². The maximum Gasteiger partial charge on any atom is 0.490 e. The minimum atomic E-state index is -5.08. The molecule has 0 spiro atoms. The van der Waals surface area contributed by atoms with Gasteiger partial charge in [-0.3, -0.25) is 9.78 Å². The molecule has 5 nitrogen and oxygen atoms in total. The van der Waals surface area contributed by atoms with Crippen LogP contribution in [0.4, 0.5) is 17.6 Å². The summed E-state index contributed by atoms with van der Waals surface area (Å²) < 4.78 is 45.4. The number of alkyl halides is 3. The van der Waals surface area contributed by atoms with Gasteiger partial charge in [0.1, 0.15) is 5.82 Å². The zero-order valence-electron chi connectivity index (χ0n) is 15.1. The Hall–Kier alpha value is -2.97. The lowest BCUT2D eigenvalue weighted by Gasteiger charge is -2.09. The second kappa shape index (κ2) is 8.37. The van der Waals surface area contributed by atoms with Crippen molar-refractivity contribution in [3.8, 4) is 11.3 Å². The molecule has 0 aliphatic heterocycles. The summed E-state index contributed by atoms with van der Waals surface area (Å²) in [5.74, 6) is -2.54. The fraction of sp³-hybridized carbons (Fsp3) is 0.316. The number of amides is 1. The highest BCUT2D eigenvalue weighted by Crippen LogP contribution is 2.48. The number of aromatic nitrogens is 1. The van der Waals surface area contributed by atoms with Gasteiger partial charge in [0.05, 0.1) is 5.69 Å². The molecule has 1 aliphatic carbocycles. The van der Waals surface area contributed by atoms with Crippen LogP contribution < -0.4 is 0 Å². The highest BCUT2D eigenvalue weighted by molar-refractivity contribution is 5.82. The molecule has 28 heavy (non-hydrogen) atoms. The van der Waals surface area contributed by atoms with Crippen LogP contribution in [0.5, 0.6) is 0 Å². The Morgan fingerprint density at radius 2 is 1.75 bits per heavy atom. The fourth-order valence-electron chi connectivity index (χ4n) is 2.62. The summed E-state index contributed by atoms with van der Waals surface area (Å²) in [6.07, 6.45) is -2.45. The normalized spacial score (nSPS) is 17.9. The van der Waals surface area contributed by atoms with Gasteiger partial charge in [-0.2, -0.15) is 13.2 Å². The number of benzene rings is 1. The minimum absolute atomic E-state index is 0.0705. The van der Waals surface area contributed by atoms with Crippen molar-refractivity contribution < 1.29 is 32.3 Å².